The van der Waals surface area contributed by atoms with E-state index in [0.717, 1.165) is 12.1 Å². The van der Waals surface area contributed by atoms with Crippen LogP contribution < -0.4 is 15.4 Å². The maximum Gasteiger partial charge on any atom is 0.261 e. The molecule has 0 bridgehead atoms. The van der Waals surface area contributed by atoms with Crippen molar-refractivity contribution in [2.75, 3.05) is 13.6 Å². The number of terminal acetylenes is 1. The number of carbonyl (C=O) groups is 1. The largest absolute Gasteiger partial charge is 0.481 e. The van der Waals surface area contributed by atoms with Crippen molar-refractivity contribution in [3.63, 3.8) is 0 Å². The van der Waals surface area contributed by atoms with Crippen LogP contribution in [0.4, 0.5) is 0 Å². The van der Waals surface area contributed by atoms with Crippen LogP contribution in [0.25, 0.3) is 0 Å². The molecule has 0 aliphatic rings. The maximum atomic E-state index is 11.6. The lowest BCUT2D eigenvalue weighted by Crippen LogP contribution is -2.36. The molecule has 1 aromatic carbocycles. The standard InChI is InChI=1S/C14H18N2O2/c1-4-8-16-14(17)11(2)18-13-7-5-6-12(9-13)10-15-3/h1,5-7,9,11,15H,8,10H2,2-3H3,(H,16,17). The van der Waals surface area contributed by atoms with Gasteiger partial charge in [0.25, 0.3) is 5.91 Å². The van der Waals surface area contributed by atoms with Crippen molar-refractivity contribution in [3.05, 3.63) is 29.8 Å². The maximum absolute atomic E-state index is 11.6. The monoisotopic (exact) mass is 246 g/mol. The number of carbonyl (C=O) groups excluding carboxylic acids is 1. The van der Waals surface area contributed by atoms with E-state index in [1.54, 1.807) is 6.92 Å². The highest BCUT2D eigenvalue weighted by Gasteiger charge is 2.13. The van der Waals surface area contributed by atoms with E-state index in [1.807, 2.05) is 31.3 Å². The molecule has 0 aromatic heterocycles. The first kappa shape index (κ1) is 14.1. The van der Waals surface area contributed by atoms with E-state index in [0.29, 0.717) is 5.75 Å². The van der Waals surface area contributed by atoms with Crippen LogP contribution in [0, 0.1) is 12.3 Å². The molecule has 0 radical (unpaired) electrons. The van der Waals surface area contributed by atoms with Crippen LogP contribution in [0.3, 0.4) is 0 Å². The third-order valence-corrected chi connectivity index (χ3v) is 2.33. The summed E-state index contributed by atoms with van der Waals surface area (Å²) in [6.07, 6.45) is 4.50. The SMILES string of the molecule is C#CCNC(=O)C(C)Oc1cccc(CNC)c1. The zero-order valence-corrected chi connectivity index (χ0v) is 10.7. The third-order valence-electron chi connectivity index (χ3n) is 2.33. The number of ether oxygens (including phenoxy) is 1. The molecule has 0 spiro atoms. The highest BCUT2D eigenvalue weighted by atomic mass is 16.5. The molecular weight excluding hydrogens is 228 g/mol. The molecule has 0 fully saturated rings. The summed E-state index contributed by atoms with van der Waals surface area (Å²) in [6, 6.07) is 7.62. The summed E-state index contributed by atoms with van der Waals surface area (Å²) < 4.78 is 5.55. The zero-order chi connectivity index (χ0) is 13.4. The molecule has 4 nitrogen and oxygen atoms in total. The van der Waals surface area contributed by atoms with E-state index in [2.05, 4.69) is 16.6 Å². The first-order valence-corrected chi connectivity index (χ1v) is 5.78. The van der Waals surface area contributed by atoms with Gasteiger partial charge in [0.2, 0.25) is 0 Å². The molecule has 1 aromatic rings. The molecule has 1 atom stereocenters. The molecule has 0 heterocycles. The number of hydrogen-bond donors (Lipinski definition) is 2. The first-order chi connectivity index (χ1) is 8.67. The minimum atomic E-state index is -0.566. The van der Waals surface area contributed by atoms with Crippen molar-refractivity contribution in [1.82, 2.24) is 10.6 Å². The van der Waals surface area contributed by atoms with Crippen LogP contribution >= 0.6 is 0 Å². The predicted octanol–water partition coefficient (Wildman–Crippen LogP) is 0.923. The van der Waals surface area contributed by atoms with Crippen molar-refractivity contribution >= 4 is 5.91 Å². The van der Waals surface area contributed by atoms with E-state index in [1.165, 1.54) is 0 Å². The zero-order valence-electron chi connectivity index (χ0n) is 10.7. The molecule has 0 aliphatic carbocycles. The van der Waals surface area contributed by atoms with Gasteiger partial charge in [-0.2, -0.15) is 0 Å². The molecule has 1 unspecified atom stereocenters. The quantitative estimate of drug-likeness (QED) is 0.734. The fraction of sp³-hybridized carbons (Fsp3) is 0.357. The smallest absolute Gasteiger partial charge is 0.261 e. The Balaban J connectivity index is 2.58. The molecule has 0 aliphatic heterocycles. The average molecular weight is 246 g/mol. The summed E-state index contributed by atoms with van der Waals surface area (Å²) >= 11 is 0. The van der Waals surface area contributed by atoms with Crippen molar-refractivity contribution < 1.29 is 9.53 Å². The van der Waals surface area contributed by atoms with Gasteiger partial charge >= 0.3 is 0 Å². The van der Waals surface area contributed by atoms with Crippen LogP contribution in [-0.2, 0) is 11.3 Å². The van der Waals surface area contributed by atoms with Gasteiger partial charge in [0.05, 0.1) is 6.54 Å². The Morgan fingerprint density at radius 2 is 2.33 bits per heavy atom. The second-order valence-corrected chi connectivity index (χ2v) is 3.86. The number of nitrogens with one attached hydrogen (secondary N) is 2. The van der Waals surface area contributed by atoms with Crippen molar-refractivity contribution in [1.29, 1.82) is 0 Å². The Labute approximate surface area is 108 Å². The van der Waals surface area contributed by atoms with Gasteiger partial charge in [-0.05, 0) is 31.7 Å². The highest BCUT2D eigenvalue weighted by molar-refractivity contribution is 5.80. The fourth-order valence-corrected chi connectivity index (χ4v) is 1.47. The molecule has 1 rings (SSSR count). The number of rotatable bonds is 6. The molecule has 0 saturated carbocycles. The lowest BCUT2D eigenvalue weighted by molar-refractivity contribution is -0.126. The van der Waals surface area contributed by atoms with E-state index in [9.17, 15) is 4.79 Å². The Kier molecular flexibility index (Phi) is 5.75. The number of hydrogen-bond acceptors (Lipinski definition) is 3. The van der Waals surface area contributed by atoms with Crippen LogP contribution in [-0.4, -0.2) is 25.6 Å². The predicted molar refractivity (Wildman–Crippen MR) is 71.1 cm³/mol. The highest BCUT2D eigenvalue weighted by Crippen LogP contribution is 2.14. The molecular formula is C14H18N2O2. The summed E-state index contributed by atoms with van der Waals surface area (Å²) in [5.74, 6) is 2.80. The van der Waals surface area contributed by atoms with E-state index >= 15 is 0 Å². The van der Waals surface area contributed by atoms with Crippen LogP contribution in [0.15, 0.2) is 24.3 Å². The van der Waals surface area contributed by atoms with E-state index < -0.39 is 6.10 Å². The molecule has 96 valence electrons. The van der Waals surface area contributed by atoms with Crippen molar-refractivity contribution in [2.45, 2.75) is 19.6 Å². The third kappa shape index (κ3) is 4.48. The first-order valence-electron chi connectivity index (χ1n) is 5.78. The minimum Gasteiger partial charge on any atom is -0.481 e. The molecule has 1 amide bonds. The Hall–Kier alpha value is -1.99. The average Bonchev–Trinajstić information content (AvgIpc) is 2.36. The Morgan fingerprint density at radius 3 is 3.00 bits per heavy atom. The van der Waals surface area contributed by atoms with Crippen LogP contribution in [0.1, 0.15) is 12.5 Å². The van der Waals surface area contributed by atoms with E-state index in [4.69, 9.17) is 11.2 Å². The van der Waals surface area contributed by atoms with Gasteiger partial charge < -0.3 is 15.4 Å². The minimum absolute atomic E-state index is 0.215. The normalized spacial score (nSPS) is 11.4. The fourth-order valence-electron chi connectivity index (χ4n) is 1.47. The van der Waals surface area contributed by atoms with Gasteiger partial charge in [-0.3, -0.25) is 4.79 Å². The Morgan fingerprint density at radius 1 is 1.56 bits per heavy atom. The van der Waals surface area contributed by atoms with Gasteiger partial charge in [0.15, 0.2) is 6.10 Å². The molecule has 4 heteroatoms. The second-order valence-electron chi connectivity index (χ2n) is 3.86. The van der Waals surface area contributed by atoms with Gasteiger partial charge in [-0.15, -0.1) is 6.42 Å². The van der Waals surface area contributed by atoms with Crippen LogP contribution in [0.2, 0.25) is 0 Å². The van der Waals surface area contributed by atoms with Gasteiger partial charge in [-0.25, -0.2) is 0 Å². The van der Waals surface area contributed by atoms with Crippen molar-refractivity contribution in [3.8, 4) is 18.1 Å². The summed E-state index contributed by atoms with van der Waals surface area (Å²) in [7, 11) is 1.88. The summed E-state index contributed by atoms with van der Waals surface area (Å²) in [6.45, 7) is 2.66. The topological polar surface area (TPSA) is 50.4 Å². The Bertz CT molecular complexity index is 438. The van der Waals surface area contributed by atoms with Crippen LogP contribution in [0.5, 0.6) is 5.75 Å². The van der Waals surface area contributed by atoms with Gasteiger partial charge in [-0.1, -0.05) is 18.1 Å². The molecule has 2 N–H and O–H groups in total. The summed E-state index contributed by atoms with van der Waals surface area (Å²) in [5.41, 5.74) is 1.10. The van der Waals surface area contributed by atoms with Gasteiger partial charge in [0, 0.05) is 6.54 Å². The number of amides is 1. The lowest BCUT2D eigenvalue weighted by Gasteiger charge is -2.14. The van der Waals surface area contributed by atoms with E-state index in [-0.39, 0.29) is 12.5 Å². The van der Waals surface area contributed by atoms with Crippen molar-refractivity contribution in [2.24, 2.45) is 0 Å². The molecule has 18 heavy (non-hydrogen) atoms. The number of benzene rings is 1. The second kappa shape index (κ2) is 7.36. The lowest BCUT2D eigenvalue weighted by atomic mass is 10.2. The summed E-state index contributed by atoms with van der Waals surface area (Å²) in [4.78, 5) is 11.6. The van der Waals surface area contributed by atoms with Gasteiger partial charge in [0.1, 0.15) is 5.75 Å². The molecule has 0 saturated heterocycles. The summed E-state index contributed by atoms with van der Waals surface area (Å²) in [5, 5.41) is 5.64.